The summed E-state index contributed by atoms with van der Waals surface area (Å²) in [4.78, 5) is 11.4. The number of aliphatic hydroxyl groups is 1. The number of rotatable bonds is 4. The van der Waals surface area contributed by atoms with Crippen molar-refractivity contribution in [1.82, 2.24) is 4.57 Å². The summed E-state index contributed by atoms with van der Waals surface area (Å²) in [5, 5.41) is 9.19. The number of nitrogens with zero attached hydrogens (tertiary/aromatic N) is 1. The molecule has 4 nitrogen and oxygen atoms in total. The minimum atomic E-state index is -0.337. The molecule has 0 unspecified atom stereocenters. The molecule has 1 heterocycles. The van der Waals surface area contributed by atoms with Crippen molar-refractivity contribution in [2.75, 3.05) is 13.7 Å². The Morgan fingerprint density at radius 2 is 2.19 bits per heavy atom. The van der Waals surface area contributed by atoms with Gasteiger partial charge in [-0.25, -0.2) is 4.79 Å². The minimum absolute atomic E-state index is 0.120. The molecular weight excluding hydrogens is 206 g/mol. The Hall–Kier alpha value is -1.29. The highest BCUT2D eigenvalue weighted by Gasteiger charge is 2.20. The van der Waals surface area contributed by atoms with E-state index < -0.39 is 0 Å². The van der Waals surface area contributed by atoms with Gasteiger partial charge in [-0.2, -0.15) is 0 Å². The van der Waals surface area contributed by atoms with Crippen LogP contribution in [0.4, 0.5) is 0 Å². The van der Waals surface area contributed by atoms with Crippen LogP contribution >= 0.6 is 0 Å². The largest absolute Gasteiger partial charge is 0.464 e. The maximum atomic E-state index is 11.4. The van der Waals surface area contributed by atoms with Gasteiger partial charge in [-0.15, -0.1) is 0 Å². The van der Waals surface area contributed by atoms with Crippen LogP contribution in [0.5, 0.6) is 0 Å². The Bertz CT molecular complexity index is 380. The van der Waals surface area contributed by atoms with Gasteiger partial charge in [-0.1, -0.05) is 13.8 Å². The van der Waals surface area contributed by atoms with Gasteiger partial charge in [0.1, 0.15) is 5.69 Å². The van der Waals surface area contributed by atoms with E-state index in [9.17, 15) is 9.90 Å². The molecule has 0 fully saturated rings. The summed E-state index contributed by atoms with van der Waals surface area (Å²) in [6.45, 7) is 4.09. The van der Waals surface area contributed by atoms with Crippen molar-refractivity contribution < 1.29 is 14.6 Å². The number of hydrogen-bond donors (Lipinski definition) is 1. The number of hydrogen-bond acceptors (Lipinski definition) is 3. The average molecular weight is 225 g/mol. The third-order valence-corrected chi connectivity index (χ3v) is 2.57. The smallest absolute Gasteiger partial charge is 0.354 e. The first-order valence-corrected chi connectivity index (χ1v) is 5.24. The molecule has 0 saturated heterocycles. The summed E-state index contributed by atoms with van der Waals surface area (Å²) in [5.74, 6) is -0.337. The number of aliphatic hydroxyl groups excluding tert-OH is 1. The van der Waals surface area contributed by atoms with Gasteiger partial charge in [0.05, 0.1) is 7.11 Å². The van der Waals surface area contributed by atoms with Gasteiger partial charge in [-0.05, 0) is 23.5 Å². The third-order valence-electron chi connectivity index (χ3n) is 2.57. The van der Waals surface area contributed by atoms with E-state index in [-0.39, 0.29) is 18.0 Å². The second kappa shape index (κ2) is 4.70. The van der Waals surface area contributed by atoms with Crippen molar-refractivity contribution in [2.24, 2.45) is 12.5 Å². The summed E-state index contributed by atoms with van der Waals surface area (Å²) in [6, 6.07) is 1.81. The molecule has 0 saturated carbocycles. The predicted octanol–water partition coefficient (Wildman–Crippen LogP) is 1.37. The minimum Gasteiger partial charge on any atom is -0.464 e. The van der Waals surface area contributed by atoms with Gasteiger partial charge >= 0.3 is 5.97 Å². The second-order valence-electron chi connectivity index (χ2n) is 4.84. The molecular formula is C12H19NO3. The lowest BCUT2D eigenvalue weighted by Gasteiger charge is -2.20. The van der Waals surface area contributed by atoms with Crippen molar-refractivity contribution in [3.63, 3.8) is 0 Å². The van der Waals surface area contributed by atoms with E-state index in [0.717, 1.165) is 12.0 Å². The van der Waals surface area contributed by atoms with E-state index in [1.165, 1.54) is 7.11 Å². The van der Waals surface area contributed by atoms with Crippen molar-refractivity contribution in [3.05, 3.63) is 23.5 Å². The molecule has 16 heavy (non-hydrogen) atoms. The monoisotopic (exact) mass is 225 g/mol. The fourth-order valence-electron chi connectivity index (χ4n) is 1.65. The van der Waals surface area contributed by atoms with E-state index in [1.54, 1.807) is 4.57 Å². The van der Waals surface area contributed by atoms with E-state index in [4.69, 9.17) is 0 Å². The lowest BCUT2D eigenvalue weighted by Crippen LogP contribution is -2.19. The molecule has 0 amide bonds. The number of aryl methyl sites for hydroxylation is 1. The van der Waals surface area contributed by atoms with Crippen LogP contribution in [0.15, 0.2) is 12.3 Å². The number of esters is 1. The fourth-order valence-corrected chi connectivity index (χ4v) is 1.65. The van der Waals surface area contributed by atoms with Gasteiger partial charge < -0.3 is 14.4 Å². The second-order valence-corrected chi connectivity index (χ2v) is 4.84. The first-order chi connectivity index (χ1) is 7.39. The lowest BCUT2D eigenvalue weighted by molar-refractivity contribution is 0.0590. The zero-order chi connectivity index (χ0) is 12.3. The maximum Gasteiger partial charge on any atom is 0.354 e. The highest BCUT2D eigenvalue weighted by Crippen LogP contribution is 2.22. The van der Waals surface area contributed by atoms with E-state index in [2.05, 4.69) is 4.74 Å². The van der Waals surface area contributed by atoms with Gasteiger partial charge in [0.2, 0.25) is 0 Å². The summed E-state index contributed by atoms with van der Waals surface area (Å²) >= 11 is 0. The summed E-state index contributed by atoms with van der Waals surface area (Å²) < 4.78 is 6.42. The molecule has 1 N–H and O–H groups in total. The molecule has 4 heteroatoms. The number of ether oxygens (including phenoxy) is 1. The molecule has 1 aromatic heterocycles. The zero-order valence-corrected chi connectivity index (χ0v) is 10.3. The SMILES string of the molecule is COC(=O)c1cc(CC(C)(C)CO)cn1C. The average Bonchev–Trinajstić information content (AvgIpc) is 2.57. The van der Waals surface area contributed by atoms with E-state index >= 15 is 0 Å². The van der Waals surface area contributed by atoms with Gasteiger partial charge in [0.15, 0.2) is 0 Å². The topological polar surface area (TPSA) is 51.5 Å². The first-order valence-electron chi connectivity index (χ1n) is 5.24. The molecule has 90 valence electrons. The zero-order valence-electron chi connectivity index (χ0n) is 10.3. The molecule has 0 spiro atoms. The van der Waals surface area contributed by atoms with Crippen molar-refractivity contribution >= 4 is 5.97 Å². The fraction of sp³-hybridized carbons (Fsp3) is 0.583. The molecule has 0 radical (unpaired) electrons. The van der Waals surface area contributed by atoms with Crippen LogP contribution in [-0.2, 0) is 18.2 Å². The number of methoxy groups -OCH3 is 1. The molecule has 0 aromatic carbocycles. The molecule has 0 bridgehead atoms. The van der Waals surface area contributed by atoms with Crippen LogP contribution in [0.3, 0.4) is 0 Å². The summed E-state index contributed by atoms with van der Waals surface area (Å²) in [7, 11) is 3.17. The van der Waals surface area contributed by atoms with Gasteiger partial charge in [0.25, 0.3) is 0 Å². The van der Waals surface area contributed by atoms with Crippen LogP contribution in [0, 0.1) is 5.41 Å². The highest BCUT2D eigenvalue weighted by atomic mass is 16.5. The Morgan fingerprint density at radius 3 is 2.69 bits per heavy atom. The number of aromatic nitrogens is 1. The van der Waals surface area contributed by atoms with Gasteiger partial charge in [-0.3, -0.25) is 0 Å². The van der Waals surface area contributed by atoms with Crippen LogP contribution in [0.1, 0.15) is 29.9 Å². The van der Waals surface area contributed by atoms with E-state index in [0.29, 0.717) is 5.69 Å². The van der Waals surface area contributed by atoms with Crippen LogP contribution in [0.25, 0.3) is 0 Å². The highest BCUT2D eigenvalue weighted by molar-refractivity contribution is 5.87. The first kappa shape index (κ1) is 12.8. The molecule has 0 aliphatic heterocycles. The van der Waals surface area contributed by atoms with E-state index in [1.807, 2.05) is 33.2 Å². The Balaban J connectivity index is 2.89. The summed E-state index contributed by atoms with van der Waals surface area (Å²) in [5.41, 5.74) is 1.39. The Morgan fingerprint density at radius 1 is 1.56 bits per heavy atom. The standard InChI is InChI=1S/C12H19NO3/c1-12(2,8-14)6-9-5-10(11(15)16-4)13(3)7-9/h5,7,14H,6,8H2,1-4H3. The van der Waals surface area contributed by atoms with Crippen LogP contribution in [-0.4, -0.2) is 29.4 Å². The van der Waals surface area contributed by atoms with Crippen molar-refractivity contribution in [3.8, 4) is 0 Å². The number of carbonyl (C=O) groups is 1. The summed E-state index contributed by atoms with van der Waals surface area (Å²) in [6.07, 6.45) is 2.62. The lowest BCUT2D eigenvalue weighted by atomic mass is 9.88. The predicted molar refractivity (Wildman–Crippen MR) is 61.3 cm³/mol. The van der Waals surface area contributed by atoms with Gasteiger partial charge in [0, 0.05) is 19.9 Å². The van der Waals surface area contributed by atoms with Crippen LogP contribution in [0.2, 0.25) is 0 Å². The van der Waals surface area contributed by atoms with Crippen molar-refractivity contribution in [2.45, 2.75) is 20.3 Å². The van der Waals surface area contributed by atoms with Crippen LogP contribution < -0.4 is 0 Å². The Kier molecular flexibility index (Phi) is 3.75. The Labute approximate surface area is 95.8 Å². The normalized spacial score (nSPS) is 11.6. The van der Waals surface area contributed by atoms with Crippen molar-refractivity contribution in [1.29, 1.82) is 0 Å². The third kappa shape index (κ3) is 2.85. The maximum absolute atomic E-state index is 11.4. The molecule has 0 aliphatic rings. The number of carbonyl (C=O) groups excluding carboxylic acids is 1. The molecule has 0 aliphatic carbocycles. The molecule has 1 rings (SSSR count). The molecule has 1 aromatic rings. The molecule has 0 atom stereocenters. The quantitative estimate of drug-likeness (QED) is 0.787.